The van der Waals surface area contributed by atoms with E-state index in [1.54, 1.807) is 12.1 Å². The van der Waals surface area contributed by atoms with Gasteiger partial charge in [-0.2, -0.15) is 0 Å². The van der Waals surface area contributed by atoms with Crippen LogP contribution in [0.3, 0.4) is 0 Å². The highest BCUT2D eigenvalue weighted by molar-refractivity contribution is 7.17. The summed E-state index contributed by atoms with van der Waals surface area (Å²) in [5, 5.41) is 10.9. The SMILES string of the molecule is COc1nnc(NC(=O)c2cnc(C)cc2-c2ccc(F)c(OC)c2)s1. The second-order valence-corrected chi connectivity index (χ2v) is 6.19. The van der Waals surface area contributed by atoms with E-state index in [2.05, 4.69) is 20.5 Å². The number of pyridine rings is 1. The quantitative estimate of drug-likeness (QED) is 0.737. The van der Waals surface area contributed by atoms with Gasteiger partial charge in [-0.3, -0.25) is 15.1 Å². The third-order valence-electron chi connectivity index (χ3n) is 3.55. The van der Waals surface area contributed by atoms with E-state index < -0.39 is 11.7 Å². The molecular weight excluding hydrogens is 359 g/mol. The van der Waals surface area contributed by atoms with Gasteiger partial charge in [0.1, 0.15) is 0 Å². The summed E-state index contributed by atoms with van der Waals surface area (Å²) in [6.45, 7) is 1.81. The molecule has 0 aliphatic rings. The summed E-state index contributed by atoms with van der Waals surface area (Å²) < 4.78 is 23.7. The molecule has 0 spiro atoms. The largest absolute Gasteiger partial charge is 0.494 e. The first-order valence-electron chi connectivity index (χ1n) is 7.51. The molecule has 2 aromatic heterocycles. The van der Waals surface area contributed by atoms with Gasteiger partial charge < -0.3 is 9.47 Å². The maximum Gasteiger partial charge on any atom is 0.295 e. The lowest BCUT2D eigenvalue weighted by Crippen LogP contribution is -2.14. The number of nitrogens with zero attached hydrogens (tertiary/aromatic N) is 3. The Morgan fingerprint density at radius 3 is 2.69 bits per heavy atom. The first-order valence-corrected chi connectivity index (χ1v) is 8.33. The Balaban J connectivity index is 1.99. The lowest BCUT2D eigenvalue weighted by molar-refractivity contribution is 0.102. The fourth-order valence-corrected chi connectivity index (χ4v) is 2.87. The molecule has 0 aliphatic heterocycles. The number of hydrogen-bond donors (Lipinski definition) is 1. The molecule has 0 radical (unpaired) electrons. The van der Waals surface area contributed by atoms with Gasteiger partial charge in [0.25, 0.3) is 11.1 Å². The topological polar surface area (TPSA) is 86.2 Å². The Morgan fingerprint density at radius 2 is 2.00 bits per heavy atom. The van der Waals surface area contributed by atoms with Crippen LogP contribution in [0.4, 0.5) is 9.52 Å². The number of carbonyl (C=O) groups excluding carboxylic acids is 1. The normalized spacial score (nSPS) is 10.5. The van der Waals surface area contributed by atoms with Crippen LogP contribution in [0.1, 0.15) is 16.1 Å². The number of nitrogens with one attached hydrogen (secondary N) is 1. The van der Waals surface area contributed by atoms with Crippen molar-refractivity contribution in [3.63, 3.8) is 0 Å². The van der Waals surface area contributed by atoms with Crippen molar-refractivity contribution in [2.75, 3.05) is 19.5 Å². The van der Waals surface area contributed by atoms with Crippen LogP contribution in [0.2, 0.25) is 0 Å². The van der Waals surface area contributed by atoms with Gasteiger partial charge in [-0.15, -0.1) is 5.10 Å². The Hall–Kier alpha value is -3.07. The van der Waals surface area contributed by atoms with Gasteiger partial charge in [-0.05, 0) is 47.6 Å². The van der Waals surface area contributed by atoms with Crippen LogP contribution in [0.25, 0.3) is 11.1 Å². The van der Waals surface area contributed by atoms with E-state index in [-0.39, 0.29) is 5.75 Å². The molecule has 0 atom stereocenters. The average Bonchev–Trinajstić information content (AvgIpc) is 3.09. The molecule has 1 aromatic carbocycles. The number of hydrogen-bond acceptors (Lipinski definition) is 7. The number of anilines is 1. The zero-order valence-corrected chi connectivity index (χ0v) is 15.1. The fraction of sp³-hybridized carbons (Fsp3) is 0.176. The molecule has 7 nitrogen and oxygen atoms in total. The molecule has 0 bridgehead atoms. The second kappa shape index (κ2) is 7.44. The maximum atomic E-state index is 13.7. The van der Waals surface area contributed by atoms with Crippen LogP contribution in [0.5, 0.6) is 10.9 Å². The molecule has 0 saturated heterocycles. The van der Waals surface area contributed by atoms with Crippen LogP contribution in [0, 0.1) is 12.7 Å². The van der Waals surface area contributed by atoms with Crippen molar-refractivity contribution in [1.82, 2.24) is 15.2 Å². The van der Waals surface area contributed by atoms with E-state index in [0.29, 0.717) is 27.0 Å². The van der Waals surface area contributed by atoms with Crippen molar-refractivity contribution in [3.05, 3.63) is 47.5 Å². The number of carbonyl (C=O) groups is 1. The first kappa shape index (κ1) is 17.7. The molecule has 1 amide bonds. The standard InChI is InChI=1S/C17H15FN4O3S/c1-9-6-11(10-4-5-13(18)14(7-10)24-2)12(8-19-9)15(23)20-16-21-22-17(25-3)26-16/h4-8H,1-3H3,(H,20,21,23). The zero-order chi connectivity index (χ0) is 18.7. The smallest absolute Gasteiger partial charge is 0.295 e. The van der Waals surface area contributed by atoms with Crippen molar-refractivity contribution >= 4 is 22.4 Å². The van der Waals surface area contributed by atoms with Gasteiger partial charge in [-0.25, -0.2) is 4.39 Å². The number of methoxy groups -OCH3 is 2. The number of aryl methyl sites for hydroxylation is 1. The third-order valence-corrected chi connectivity index (χ3v) is 4.35. The number of ether oxygens (including phenoxy) is 2. The van der Waals surface area contributed by atoms with Gasteiger partial charge >= 0.3 is 0 Å². The van der Waals surface area contributed by atoms with Gasteiger partial charge in [0.05, 0.1) is 19.8 Å². The van der Waals surface area contributed by atoms with Gasteiger partial charge in [-0.1, -0.05) is 11.2 Å². The van der Waals surface area contributed by atoms with Crippen LogP contribution in [-0.4, -0.2) is 35.3 Å². The molecule has 0 unspecified atom stereocenters. The van der Waals surface area contributed by atoms with Crippen molar-refractivity contribution in [1.29, 1.82) is 0 Å². The average molecular weight is 374 g/mol. The highest BCUT2D eigenvalue weighted by Gasteiger charge is 2.17. The Morgan fingerprint density at radius 1 is 1.19 bits per heavy atom. The second-order valence-electron chi connectivity index (χ2n) is 5.25. The summed E-state index contributed by atoms with van der Waals surface area (Å²) in [4.78, 5) is 16.9. The summed E-state index contributed by atoms with van der Waals surface area (Å²) in [5.74, 6) is -0.791. The number of aromatic nitrogens is 3. The molecule has 3 aromatic rings. The Kier molecular flexibility index (Phi) is 5.08. The predicted octanol–water partition coefficient (Wildman–Crippen LogP) is 3.32. The molecule has 0 fully saturated rings. The van der Waals surface area contributed by atoms with Crippen LogP contribution in [-0.2, 0) is 0 Å². The fourth-order valence-electron chi connectivity index (χ4n) is 2.31. The van der Waals surface area contributed by atoms with Crippen LogP contribution >= 0.6 is 11.3 Å². The lowest BCUT2D eigenvalue weighted by atomic mass is 10.00. The van der Waals surface area contributed by atoms with Crippen molar-refractivity contribution in [3.8, 4) is 22.1 Å². The van der Waals surface area contributed by atoms with Crippen LogP contribution in [0.15, 0.2) is 30.5 Å². The maximum absolute atomic E-state index is 13.7. The minimum absolute atomic E-state index is 0.0946. The summed E-state index contributed by atoms with van der Waals surface area (Å²) in [5.41, 5.74) is 2.27. The molecule has 3 rings (SSSR count). The van der Waals surface area contributed by atoms with Gasteiger partial charge in [0.15, 0.2) is 11.6 Å². The van der Waals surface area contributed by atoms with E-state index in [9.17, 15) is 9.18 Å². The van der Waals surface area contributed by atoms with Crippen LogP contribution < -0.4 is 14.8 Å². The van der Waals surface area contributed by atoms with Gasteiger partial charge in [0.2, 0.25) is 5.13 Å². The predicted molar refractivity (Wildman–Crippen MR) is 95.3 cm³/mol. The first-order chi connectivity index (χ1) is 12.5. The number of benzene rings is 1. The van der Waals surface area contributed by atoms with E-state index in [1.807, 2.05) is 6.92 Å². The highest BCUT2D eigenvalue weighted by atomic mass is 32.1. The monoisotopic (exact) mass is 374 g/mol. The lowest BCUT2D eigenvalue weighted by Gasteiger charge is -2.11. The minimum Gasteiger partial charge on any atom is -0.494 e. The van der Waals surface area contributed by atoms with E-state index >= 15 is 0 Å². The molecular formula is C17H15FN4O3S. The van der Waals surface area contributed by atoms with E-state index in [1.165, 1.54) is 32.5 Å². The Bertz CT molecular complexity index is 961. The Labute approximate surface area is 152 Å². The highest BCUT2D eigenvalue weighted by Crippen LogP contribution is 2.30. The number of amides is 1. The number of rotatable bonds is 5. The summed E-state index contributed by atoms with van der Waals surface area (Å²) in [6.07, 6.45) is 1.47. The molecule has 1 N–H and O–H groups in total. The molecule has 26 heavy (non-hydrogen) atoms. The summed E-state index contributed by atoms with van der Waals surface area (Å²) in [6, 6.07) is 6.16. The molecule has 134 valence electrons. The third kappa shape index (κ3) is 3.62. The van der Waals surface area contributed by atoms with E-state index in [0.717, 1.165) is 17.0 Å². The molecule has 0 aliphatic carbocycles. The molecule has 0 saturated carbocycles. The molecule has 2 heterocycles. The van der Waals surface area contributed by atoms with E-state index in [4.69, 9.17) is 9.47 Å². The molecule has 9 heteroatoms. The van der Waals surface area contributed by atoms with Gasteiger partial charge in [0, 0.05) is 11.9 Å². The zero-order valence-electron chi connectivity index (χ0n) is 14.2. The number of halogens is 1. The van der Waals surface area contributed by atoms with Crippen molar-refractivity contribution in [2.24, 2.45) is 0 Å². The minimum atomic E-state index is -0.478. The van der Waals surface area contributed by atoms with Crippen molar-refractivity contribution in [2.45, 2.75) is 6.92 Å². The van der Waals surface area contributed by atoms with Crippen molar-refractivity contribution < 1.29 is 18.7 Å². The summed E-state index contributed by atoms with van der Waals surface area (Å²) in [7, 11) is 2.85. The summed E-state index contributed by atoms with van der Waals surface area (Å²) >= 11 is 1.10.